The van der Waals surface area contributed by atoms with Crippen molar-refractivity contribution in [1.29, 1.82) is 0 Å². The first-order chi connectivity index (χ1) is 14.6. The summed E-state index contributed by atoms with van der Waals surface area (Å²) in [5.41, 5.74) is 3.30. The van der Waals surface area contributed by atoms with Gasteiger partial charge in [-0.05, 0) is 61.6 Å². The number of benzene rings is 2. The number of hydrogen-bond donors (Lipinski definition) is 1. The minimum absolute atomic E-state index is 0.0122. The summed E-state index contributed by atoms with van der Waals surface area (Å²) in [6.07, 6.45) is 2.58. The number of rotatable bonds is 3. The zero-order valence-electron chi connectivity index (χ0n) is 18.0. The molecule has 2 aliphatic rings. The van der Waals surface area contributed by atoms with Crippen LogP contribution < -0.4 is 10.2 Å². The Bertz CT molecular complexity index is 1110. The number of nitrogens with zero attached hydrogens (tertiary/aromatic N) is 2. The molecule has 1 unspecified atom stereocenters. The van der Waals surface area contributed by atoms with Gasteiger partial charge in [0.05, 0.1) is 6.54 Å². The molecule has 2 aliphatic heterocycles. The van der Waals surface area contributed by atoms with Crippen LogP contribution in [0.3, 0.4) is 0 Å². The highest BCUT2D eigenvalue weighted by Crippen LogP contribution is 2.44. The molecule has 1 N–H and O–H groups in total. The number of anilines is 1. The van der Waals surface area contributed by atoms with Gasteiger partial charge in [-0.15, -0.1) is 0 Å². The van der Waals surface area contributed by atoms with Crippen LogP contribution in [0.2, 0.25) is 5.02 Å². The van der Waals surface area contributed by atoms with Crippen molar-refractivity contribution in [1.82, 2.24) is 10.2 Å². The van der Waals surface area contributed by atoms with E-state index < -0.39 is 17.8 Å². The summed E-state index contributed by atoms with van der Waals surface area (Å²) in [6.45, 7) is 6.45. The maximum atomic E-state index is 14.0. The number of imide groups is 1. The summed E-state index contributed by atoms with van der Waals surface area (Å²) in [5, 5.41) is 3.09. The van der Waals surface area contributed by atoms with Crippen molar-refractivity contribution in [3.05, 3.63) is 69.6 Å². The second kappa shape index (κ2) is 7.68. The zero-order chi connectivity index (χ0) is 22.5. The minimum atomic E-state index is -0.580. The molecule has 7 heteroatoms. The van der Waals surface area contributed by atoms with Gasteiger partial charge in [0.1, 0.15) is 11.5 Å². The van der Waals surface area contributed by atoms with Crippen molar-refractivity contribution in [2.24, 2.45) is 0 Å². The van der Waals surface area contributed by atoms with Gasteiger partial charge in [-0.25, -0.2) is 9.18 Å². The summed E-state index contributed by atoms with van der Waals surface area (Å²) in [4.78, 5) is 28.4. The van der Waals surface area contributed by atoms with Crippen LogP contribution in [0.1, 0.15) is 49.8 Å². The van der Waals surface area contributed by atoms with E-state index in [9.17, 15) is 14.0 Å². The van der Waals surface area contributed by atoms with Gasteiger partial charge in [-0.3, -0.25) is 9.69 Å². The van der Waals surface area contributed by atoms with Crippen molar-refractivity contribution in [3.63, 3.8) is 0 Å². The van der Waals surface area contributed by atoms with Gasteiger partial charge in [-0.2, -0.15) is 0 Å². The molecule has 0 saturated carbocycles. The first-order valence-electron chi connectivity index (χ1n) is 10.2. The van der Waals surface area contributed by atoms with Crippen molar-refractivity contribution < 1.29 is 14.0 Å². The monoisotopic (exact) mass is 441 g/mol. The topological polar surface area (TPSA) is 52.7 Å². The molecule has 2 heterocycles. The van der Waals surface area contributed by atoms with Crippen LogP contribution in [0.5, 0.6) is 0 Å². The van der Waals surface area contributed by atoms with E-state index >= 15 is 0 Å². The van der Waals surface area contributed by atoms with E-state index in [2.05, 4.69) is 38.0 Å². The van der Waals surface area contributed by atoms with Gasteiger partial charge in [0, 0.05) is 28.9 Å². The number of halogens is 2. The van der Waals surface area contributed by atoms with E-state index in [-0.39, 0.29) is 23.3 Å². The summed E-state index contributed by atoms with van der Waals surface area (Å²) in [7, 11) is 2.06. The molecule has 0 aliphatic carbocycles. The van der Waals surface area contributed by atoms with Gasteiger partial charge in [0.25, 0.3) is 5.91 Å². The summed E-state index contributed by atoms with van der Waals surface area (Å²) in [6, 6.07) is 9.41. The maximum absolute atomic E-state index is 14.0. The highest BCUT2D eigenvalue weighted by Gasteiger charge is 2.36. The Hall–Kier alpha value is -2.86. The molecule has 0 aromatic heterocycles. The SMILES string of the molecule is CC1CC(C)(C)N(C)c2cc(Cl)c(/C=C3/NC(=O)N(Cc4ccccc4F)C3=O)cc21. The Morgan fingerprint density at radius 2 is 1.97 bits per heavy atom. The molecular formula is C24H25ClFN3O2. The molecular weight excluding hydrogens is 417 g/mol. The lowest BCUT2D eigenvalue weighted by atomic mass is 9.80. The second-order valence-electron chi connectivity index (χ2n) is 8.88. The first kappa shape index (κ1) is 21.4. The van der Waals surface area contributed by atoms with E-state index in [0.717, 1.165) is 22.6 Å². The molecule has 0 bridgehead atoms. The predicted molar refractivity (Wildman–Crippen MR) is 120 cm³/mol. The predicted octanol–water partition coefficient (Wildman–Crippen LogP) is 5.29. The molecule has 4 rings (SSSR count). The van der Waals surface area contributed by atoms with Crippen LogP contribution in [-0.2, 0) is 11.3 Å². The standard InChI is InChI=1S/C24H25ClFN3O2/c1-14-12-24(2,3)28(4)21-11-18(25)16(9-17(14)21)10-20-22(30)29(23(31)27-20)13-15-7-5-6-8-19(15)26/h5-11,14H,12-13H2,1-4H3,(H,27,31)/b20-10+. The summed E-state index contributed by atoms with van der Waals surface area (Å²) < 4.78 is 14.0. The molecule has 5 nitrogen and oxygen atoms in total. The number of urea groups is 1. The Balaban J connectivity index is 1.65. The number of hydrogen-bond acceptors (Lipinski definition) is 3. The highest BCUT2D eigenvalue weighted by atomic mass is 35.5. The van der Waals surface area contributed by atoms with Gasteiger partial charge in [0.15, 0.2) is 0 Å². The smallest absolute Gasteiger partial charge is 0.329 e. The molecule has 2 aromatic rings. The minimum Gasteiger partial charge on any atom is -0.369 e. The molecule has 1 fully saturated rings. The fourth-order valence-corrected chi connectivity index (χ4v) is 4.60. The van der Waals surface area contributed by atoms with Crippen molar-refractivity contribution in [2.75, 3.05) is 11.9 Å². The number of amides is 3. The molecule has 3 amide bonds. The fourth-order valence-electron chi connectivity index (χ4n) is 4.38. The van der Waals surface area contributed by atoms with Crippen molar-refractivity contribution in [2.45, 2.75) is 45.2 Å². The van der Waals surface area contributed by atoms with E-state index in [1.165, 1.54) is 6.07 Å². The molecule has 1 saturated heterocycles. The molecule has 162 valence electrons. The average Bonchev–Trinajstić information content (AvgIpc) is 2.96. The Morgan fingerprint density at radius 1 is 1.26 bits per heavy atom. The van der Waals surface area contributed by atoms with Gasteiger partial charge >= 0.3 is 6.03 Å². The molecule has 0 spiro atoms. The molecule has 31 heavy (non-hydrogen) atoms. The maximum Gasteiger partial charge on any atom is 0.329 e. The van der Waals surface area contributed by atoms with Crippen LogP contribution in [0.25, 0.3) is 6.08 Å². The van der Waals surface area contributed by atoms with Crippen LogP contribution in [0.15, 0.2) is 42.1 Å². The van der Waals surface area contributed by atoms with Crippen LogP contribution in [-0.4, -0.2) is 29.4 Å². The number of fused-ring (bicyclic) bond motifs is 1. The largest absolute Gasteiger partial charge is 0.369 e. The van der Waals surface area contributed by atoms with Crippen LogP contribution in [0, 0.1) is 5.82 Å². The third-order valence-corrected chi connectivity index (χ3v) is 6.63. The molecule has 2 aromatic carbocycles. The van der Waals surface area contributed by atoms with E-state index in [1.807, 2.05) is 12.1 Å². The quantitative estimate of drug-likeness (QED) is 0.519. The van der Waals surface area contributed by atoms with Crippen LogP contribution >= 0.6 is 11.6 Å². The average molecular weight is 442 g/mol. The molecule has 1 atom stereocenters. The molecule has 0 radical (unpaired) electrons. The third kappa shape index (κ3) is 3.81. The summed E-state index contributed by atoms with van der Waals surface area (Å²) in [5.74, 6) is -0.644. The second-order valence-corrected chi connectivity index (χ2v) is 9.29. The van der Waals surface area contributed by atoms with Gasteiger partial charge in [0.2, 0.25) is 0 Å². The Morgan fingerprint density at radius 3 is 2.68 bits per heavy atom. The Kier molecular flexibility index (Phi) is 5.30. The summed E-state index contributed by atoms with van der Waals surface area (Å²) >= 11 is 6.56. The highest BCUT2D eigenvalue weighted by molar-refractivity contribution is 6.32. The third-order valence-electron chi connectivity index (χ3n) is 6.30. The van der Waals surface area contributed by atoms with Crippen LogP contribution in [0.4, 0.5) is 14.9 Å². The lowest BCUT2D eigenvalue weighted by Gasteiger charge is -2.45. The van der Waals surface area contributed by atoms with E-state index in [4.69, 9.17) is 11.6 Å². The van der Waals surface area contributed by atoms with E-state index in [1.54, 1.807) is 24.3 Å². The number of carbonyl (C=O) groups excluding carboxylic acids is 2. The number of nitrogens with one attached hydrogen (secondary N) is 1. The van der Waals surface area contributed by atoms with Crippen molar-refractivity contribution >= 4 is 35.3 Å². The zero-order valence-corrected chi connectivity index (χ0v) is 18.8. The lowest BCUT2D eigenvalue weighted by Crippen LogP contribution is -2.45. The van der Waals surface area contributed by atoms with Crippen molar-refractivity contribution in [3.8, 4) is 0 Å². The Labute approximate surface area is 186 Å². The van der Waals surface area contributed by atoms with E-state index in [0.29, 0.717) is 16.5 Å². The first-order valence-corrected chi connectivity index (χ1v) is 10.6. The lowest BCUT2D eigenvalue weighted by molar-refractivity contribution is -0.123. The van der Waals surface area contributed by atoms with Gasteiger partial charge < -0.3 is 10.2 Å². The normalized spacial score (nSPS) is 21.5. The number of carbonyl (C=O) groups is 2. The fraction of sp³-hybridized carbons (Fsp3) is 0.333. The van der Waals surface area contributed by atoms with Gasteiger partial charge in [-0.1, -0.05) is 36.7 Å².